The highest BCUT2D eigenvalue weighted by atomic mass is 35.5. The molecule has 1 aliphatic rings. The molecule has 1 fully saturated rings. The number of hydrogen-bond donors (Lipinski definition) is 2. The van der Waals surface area contributed by atoms with E-state index in [1.165, 1.54) is 11.0 Å². The Morgan fingerprint density at radius 1 is 1.36 bits per heavy atom. The number of halogens is 1. The van der Waals surface area contributed by atoms with Crippen LogP contribution in [0.4, 0.5) is 0 Å². The van der Waals surface area contributed by atoms with E-state index in [4.69, 9.17) is 5.73 Å². The lowest BCUT2D eigenvalue weighted by Crippen LogP contribution is -2.40. The molecule has 8 heteroatoms. The van der Waals surface area contributed by atoms with Crippen molar-refractivity contribution < 1.29 is 13.2 Å². The second-order valence-corrected chi connectivity index (χ2v) is 8.27. The van der Waals surface area contributed by atoms with Gasteiger partial charge in [0.25, 0.3) is 5.91 Å². The SMILES string of the molecule is Cc1ccc(C(=O)N(C)C(C)CN)cc1S(=O)(=O)NC1CCCC1.Cl. The molecule has 0 heterocycles. The standard InChI is InChI=1S/C17H27N3O3S.ClH/c1-12-8-9-14(17(21)20(3)13(2)11-18)10-16(12)24(22,23)19-15-6-4-5-7-15;/h8-10,13,15,19H,4-7,11,18H2,1-3H3;1H. The molecule has 1 amide bonds. The Labute approximate surface area is 156 Å². The van der Waals surface area contributed by atoms with Crippen molar-refractivity contribution in [3.8, 4) is 0 Å². The third-order valence-electron chi connectivity index (χ3n) is 4.72. The lowest BCUT2D eigenvalue weighted by molar-refractivity contribution is 0.0748. The summed E-state index contributed by atoms with van der Waals surface area (Å²) in [5.41, 5.74) is 6.59. The quantitative estimate of drug-likeness (QED) is 0.778. The number of nitrogens with zero attached hydrogens (tertiary/aromatic N) is 1. The van der Waals surface area contributed by atoms with E-state index in [1.807, 2.05) is 6.92 Å². The molecule has 1 saturated carbocycles. The summed E-state index contributed by atoms with van der Waals surface area (Å²) in [6.45, 7) is 3.94. The topological polar surface area (TPSA) is 92.5 Å². The average Bonchev–Trinajstić information content (AvgIpc) is 3.05. The minimum Gasteiger partial charge on any atom is -0.338 e. The molecule has 1 atom stereocenters. The Balaban J connectivity index is 0.00000312. The van der Waals surface area contributed by atoms with E-state index in [9.17, 15) is 13.2 Å². The summed E-state index contributed by atoms with van der Waals surface area (Å²) < 4.78 is 28.1. The first-order valence-corrected chi connectivity index (χ1v) is 9.84. The highest BCUT2D eigenvalue weighted by Crippen LogP contribution is 2.23. The van der Waals surface area contributed by atoms with Crippen LogP contribution in [-0.2, 0) is 10.0 Å². The van der Waals surface area contributed by atoms with Crippen molar-refractivity contribution in [1.29, 1.82) is 0 Å². The van der Waals surface area contributed by atoms with Gasteiger partial charge in [-0.2, -0.15) is 0 Å². The number of benzene rings is 1. The molecule has 0 radical (unpaired) electrons. The van der Waals surface area contributed by atoms with Gasteiger partial charge in [0.15, 0.2) is 0 Å². The maximum absolute atomic E-state index is 12.7. The van der Waals surface area contributed by atoms with Gasteiger partial charge in [-0.25, -0.2) is 13.1 Å². The summed E-state index contributed by atoms with van der Waals surface area (Å²) in [5.74, 6) is -0.231. The first kappa shape index (κ1) is 21.9. The van der Waals surface area contributed by atoms with Gasteiger partial charge in [0.1, 0.15) is 0 Å². The molecule has 0 aromatic heterocycles. The third-order valence-corrected chi connectivity index (χ3v) is 6.39. The highest BCUT2D eigenvalue weighted by molar-refractivity contribution is 7.89. The monoisotopic (exact) mass is 389 g/mol. The number of nitrogens with one attached hydrogen (secondary N) is 1. The van der Waals surface area contributed by atoms with Crippen LogP contribution in [0.3, 0.4) is 0 Å². The van der Waals surface area contributed by atoms with Gasteiger partial charge >= 0.3 is 0 Å². The van der Waals surface area contributed by atoms with Gasteiger partial charge in [-0.05, 0) is 44.4 Å². The van der Waals surface area contributed by atoms with Crippen molar-refractivity contribution in [2.75, 3.05) is 13.6 Å². The van der Waals surface area contributed by atoms with Gasteiger partial charge in [0.05, 0.1) is 4.90 Å². The Morgan fingerprint density at radius 3 is 2.52 bits per heavy atom. The summed E-state index contributed by atoms with van der Waals surface area (Å²) in [5, 5.41) is 0. The number of amides is 1. The van der Waals surface area contributed by atoms with Crippen LogP contribution in [0.15, 0.2) is 23.1 Å². The lowest BCUT2D eigenvalue weighted by Gasteiger charge is -2.24. The summed E-state index contributed by atoms with van der Waals surface area (Å²) in [6, 6.07) is 4.68. The largest absolute Gasteiger partial charge is 0.338 e. The maximum Gasteiger partial charge on any atom is 0.253 e. The normalized spacial score (nSPS) is 16.3. The van der Waals surface area contributed by atoms with Crippen LogP contribution in [0.1, 0.15) is 48.5 Å². The second kappa shape index (κ2) is 8.98. The fourth-order valence-electron chi connectivity index (χ4n) is 2.91. The molecular weight excluding hydrogens is 362 g/mol. The molecule has 1 aromatic rings. The van der Waals surface area contributed by atoms with Crippen molar-refractivity contribution in [3.63, 3.8) is 0 Å². The minimum atomic E-state index is -3.63. The van der Waals surface area contributed by atoms with Gasteiger partial charge in [-0.15, -0.1) is 12.4 Å². The van der Waals surface area contributed by atoms with Gasteiger partial charge in [0, 0.05) is 31.2 Å². The van der Waals surface area contributed by atoms with Crippen LogP contribution in [0.5, 0.6) is 0 Å². The Kier molecular flexibility index (Phi) is 7.87. The molecule has 25 heavy (non-hydrogen) atoms. The number of carbonyl (C=O) groups excluding carboxylic acids is 1. The van der Waals surface area contributed by atoms with Gasteiger partial charge < -0.3 is 10.6 Å². The van der Waals surface area contributed by atoms with Gasteiger partial charge in [-0.1, -0.05) is 18.9 Å². The molecule has 0 aliphatic heterocycles. The van der Waals surface area contributed by atoms with Crippen molar-refractivity contribution in [3.05, 3.63) is 29.3 Å². The van der Waals surface area contributed by atoms with E-state index in [0.29, 0.717) is 17.7 Å². The molecule has 0 saturated heterocycles. The number of likely N-dealkylation sites (N-methyl/N-ethyl adjacent to an activating group) is 1. The van der Waals surface area contributed by atoms with Crippen molar-refractivity contribution in [2.24, 2.45) is 5.73 Å². The third kappa shape index (κ3) is 5.17. The number of carbonyl (C=O) groups is 1. The van der Waals surface area contributed by atoms with Crippen LogP contribution in [0, 0.1) is 6.92 Å². The number of sulfonamides is 1. The number of nitrogens with two attached hydrogens (primary N) is 1. The van der Waals surface area contributed by atoms with Crippen LogP contribution in [-0.4, -0.2) is 44.9 Å². The Bertz CT molecular complexity index is 703. The van der Waals surface area contributed by atoms with Crippen LogP contribution >= 0.6 is 12.4 Å². The first-order valence-electron chi connectivity index (χ1n) is 8.36. The summed E-state index contributed by atoms with van der Waals surface area (Å²) >= 11 is 0. The molecule has 6 nitrogen and oxygen atoms in total. The fourth-order valence-corrected chi connectivity index (χ4v) is 4.49. The zero-order chi connectivity index (χ0) is 17.9. The zero-order valence-electron chi connectivity index (χ0n) is 15.0. The molecule has 1 aliphatic carbocycles. The van der Waals surface area contributed by atoms with E-state index >= 15 is 0 Å². The highest BCUT2D eigenvalue weighted by Gasteiger charge is 2.26. The van der Waals surface area contributed by atoms with E-state index in [2.05, 4.69) is 4.72 Å². The minimum absolute atomic E-state index is 0. The Hall–Kier alpha value is -1.15. The van der Waals surface area contributed by atoms with Crippen molar-refractivity contribution in [1.82, 2.24) is 9.62 Å². The second-order valence-electron chi connectivity index (χ2n) is 6.58. The zero-order valence-corrected chi connectivity index (χ0v) is 16.6. The lowest BCUT2D eigenvalue weighted by atomic mass is 10.1. The van der Waals surface area contributed by atoms with Crippen molar-refractivity contribution >= 4 is 28.3 Å². The van der Waals surface area contributed by atoms with Gasteiger partial charge in [-0.3, -0.25) is 4.79 Å². The predicted molar refractivity (Wildman–Crippen MR) is 102 cm³/mol. The van der Waals surface area contributed by atoms with E-state index in [1.54, 1.807) is 26.1 Å². The summed E-state index contributed by atoms with van der Waals surface area (Å²) in [6.07, 6.45) is 3.83. The van der Waals surface area contributed by atoms with Crippen molar-refractivity contribution in [2.45, 2.75) is 56.5 Å². The molecule has 0 bridgehead atoms. The molecule has 0 spiro atoms. The molecule has 1 unspecified atom stereocenters. The fraction of sp³-hybridized carbons (Fsp3) is 0.588. The van der Waals surface area contributed by atoms with Crippen LogP contribution in [0.2, 0.25) is 0 Å². The number of hydrogen-bond acceptors (Lipinski definition) is 4. The van der Waals surface area contributed by atoms with Crippen LogP contribution in [0.25, 0.3) is 0 Å². The summed E-state index contributed by atoms with van der Waals surface area (Å²) in [7, 11) is -1.96. The van der Waals surface area contributed by atoms with Gasteiger partial charge in [0.2, 0.25) is 10.0 Å². The van der Waals surface area contributed by atoms with Crippen LogP contribution < -0.4 is 10.5 Å². The molecular formula is C17H28ClN3O3S. The smallest absolute Gasteiger partial charge is 0.253 e. The first-order chi connectivity index (χ1) is 11.3. The number of rotatable bonds is 6. The number of aryl methyl sites for hydroxylation is 1. The van der Waals surface area contributed by atoms with E-state index < -0.39 is 10.0 Å². The Morgan fingerprint density at radius 2 is 1.96 bits per heavy atom. The molecule has 3 N–H and O–H groups in total. The maximum atomic E-state index is 12.7. The van der Waals surface area contributed by atoms with E-state index in [0.717, 1.165) is 25.7 Å². The molecule has 1 aromatic carbocycles. The van der Waals surface area contributed by atoms with E-state index in [-0.39, 0.29) is 35.3 Å². The molecule has 142 valence electrons. The summed E-state index contributed by atoms with van der Waals surface area (Å²) in [4.78, 5) is 14.2. The molecule has 2 rings (SSSR count). The predicted octanol–water partition coefficient (Wildman–Crippen LogP) is 2.06. The average molecular weight is 390 g/mol.